The fourth-order valence-electron chi connectivity index (χ4n) is 0.581. The first-order chi connectivity index (χ1) is 3.95. The highest BCUT2D eigenvalue weighted by molar-refractivity contribution is 9.12. The van der Waals surface area contributed by atoms with Crippen LogP contribution in [0.5, 0.6) is 0 Å². The average Bonchev–Trinajstić information content (AvgIpc) is 1.62. The van der Waals surface area contributed by atoms with Crippen molar-refractivity contribution in [1.82, 2.24) is 0 Å². The molecule has 0 aliphatic carbocycles. The highest BCUT2D eigenvalue weighted by Crippen LogP contribution is 2.26. The van der Waals surface area contributed by atoms with E-state index in [9.17, 15) is 0 Å². The third-order valence-corrected chi connectivity index (χ3v) is 3.50. The molecule has 0 aromatic heterocycles. The fourth-order valence-corrected chi connectivity index (χ4v) is 2.44. The molecule has 0 spiro atoms. The summed E-state index contributed by atoms with van der Waals surface area (Å²) in [7, 11) is 0. The molecule has 56 valence electrons. The lowest BCUT2D eigenvalue weighted by atomic mass is 10.1. The third kappa shape index (κ3) is 7.34. The molecule has 0 nitrogen and oxygen atoms in total. The first-order valence-corrected chi connectivity index (χ1v) is 5.67. The van der Waals surface area contributed by atoms with E-state index in [2.05, 4.69) is 61.6 Å². The minimum Gasteiger partial charge on any atom is -0.0916 e. The van der Waals surface area contributed by atoms with Crippen LogP contribution >= 0.6 is 47.8 Å². The van der Waals surface area contributed by atoms with Crippen molar-refractivity contribution in [1.29, 1.82) is 0 Å². The Labute approximate surface area is 82.2 Å². The smallest absolute Gasteiger partial charge is 0.0255 e. The minimum atomic E-state index is 0.259. The van der Waals surface area contributed by atoms with Crippen LogP contribution in [-0.2, 0) is 0 Å². The Hall–Kier alpha value is 1.44. The van der Waals surface area contributed by atoms with Crippen LogP contribution in [0.3, 0.4) is 0 Å². The van der Waals surface area contributed by atoms with E-state index < -0.39 is 0 Å². The van der Waals surface area contributed by atoms with Crippen LogP contribution in [0.15, 0.2) is 0 Å². The van der Waals surface area contributed by atoms with Gasteiger partial charge >= 0.3 is 0 Å². The molecule has 0 amide bonds. The molecule has 0 aliphatic rings. The van der Waals surface area contributed by atoms with Crippen molar-refractivity contribution >= 4 is 47.8 Å². The largest absolute Gasteiger partial charge is 0.0916 e. The molecule has 0 fully saturated rings. The van der Waals surface area contributed by atoms with E-state index in [1.807, 2.05) is 0 Å². The average molecular weight is 323 g/mol. The summed E-state index contributed by atoms with van der Waals surface area (Å²) in [5.41, 5.74) is 0. The van der Waals surface area contributed by atoms with Gasteiger partial charge in [0.1, 0.15) is 0 Å². The lowest BCUT2D eigenvalue weighted by Gasteiger charge is -2.18. The number of hydrogen-bond acceptors (Lipinski definition) is 0. The second-order valence-corrected chi connectivity index (χ2v) is 6.76. The molecular formula is C6H11Br3. The lowest BCUT2D eigenvalue weighted by Crippen LogP contribution is -2.16. The van der Waals surface area contributed by atoms with Crippen LogP contribution in [0.25, 0.3) is 0 Å². The van der Waals surface area contributed by atoms with Crippen LogP contribution in [0.1, 0.15) is 20.3 Å². The molecule has 0 radical (unpaired) electrons. The molecule has 0 aromatic rings. The van der Waals surface area contributed by atoms with Gasteiger partial charge in [0, 0.05) is 14.5 Å². The van der Waals surface area contributed by atoms with Crippen molar-refractivity contribution in [3.63, 3.8) is 0 Å². The van der Waals surface area contributed by atoms with Crippen molar-refractivity contribution in [3.05, 3.63) is 0 Å². The van der Waals surface area contributed by atoms with Crippen molar-refractivity contribution < 1.29 is 0 Å². The third-order valence-electron chi connectivity index (χ3n) is 0.874. The molecule has 0 rings (SSSR count). The van der Waals surface area contributed by atoms with E-state index >= 15 is 0 Å². The Bertz CT molecular complexity index is 74.9. The van der Waals surface area contributed by atoms with E-state index in [0.29, 0.717) is 4.83 Å². The molecule has 0 bridgehead atoms. The van der Waals surface area contributed by atoms with Crippen molar-refractivity contribution in [2.45, 2.75) is 29.4 Å². The maximum Gasteiger partial charge on any atom is 0.0255 e. The molecule has 1 atom stereocenters. The van der Waals surface area contributed by atoms with Crippen molar-refractivity contribution in [3.8, 4) is 0 Å². The van der Waals surface area contributed by atoms with E-state index in [1.165, 1.54) is 0 Å². The quantitative estimate of drug-likeness (QED) is 0.695. The summed E-state index contributed by atoms with van der Waals surface area (Å²) < 4.78 is 0.259. The van der Waals surface area contributed by atoms with Gasteiger partial charge in [0.25, 0.3) is 0 Å². The molecule has 0 saturated heterocycles. The molecule has 0 N–H and O–H groups in total. The number of rotatable bonds is 3. The molecule has 1 unspecified atom stereocenters. The monoisotopic (exact) mass is 320 g/mol. The van der Waals surface area contributed by atoms with Gasteiger partial charge in [0.2, 0.25) is 0 Å². The van der Waals surface area contributed by atoms with Gasteiger partial charge < -0.3 is 0 Å². The first-order valence-electron chi connectivity index (χ1n) is 2.84. The van der Waals surface area contributed by atoms with Crippen LogP contribution in [0.2, 0.25) is 0 Å². The van der Waals surface area contributed by atoms with Crippen LogP contribution in [0.4, 0.5) is 0 Å². The molecule has 0 heterocycles. The van der Waals surface area contributed by atoms with E-state index in [1.54, 1.807) is 0 Å². The SMILES string of the molecule is CC(C)(Br)CC(Br)CBr. The summed E-state index contributed by atoms with van der Waals surface area (Å²) >= 11 is 10.5. The van der Waals surface area contributed by atoms with Gasteiger partial charge in [-0.1, -0.05) is 61.6 Å². The minimum absolute atomic E-state index is 0.259. The van der Waals surface area contributed by atoms with Crippen LogP contribution in [0, 0.1) is 0 Å². The summed E-state index contributed by atoms with van der Waals surface area (Å²) in [5, 5.41) is 1.02. The molecule has 9 heavy (non-hydrogen) atoms. The second-order valence-electron chi connectivity index (χ2n) is 2.67. The van der Waals surface area contributed by atoms with Gasteiger partial charge in [-0.05, 0) is 6.42 Å². The second kappa shape index (κ2) is 4.35. The summed E-state index contributed by atoms with van der Waals surface area (Å²) in [6.07, 6.45) is 1.14. The van der Waals surface area contributed by atoms with Crippen molar-refractivity contribution in [2.75, 3.05) is 5.33 Å². The van der Waals surface area contributed by atoms with Crippen LogP contribution in [-0.4, -0.2) is 14.5 Å². The Morgan fingerprint density at radius 3 is 2.00 bits per heavy atom. The molecule has 0 saturated carbocycles. The van der Waals surface area contributed by atoms with Gasteiger partial charge in [0.05, 0.1) is 0 Å². The molecular weight excluding hydrogens is 312 g/mol. The number of halogens is 3. The van der Waals surface area contributed by atoms with E-state index in [4.69, 9.17) is 0 Å². The topological polar surface area (TPSA) is 0 Å². The highest BCUT2D eigenvalue weighted by atomic mass is 79.9. The van der Waals surface area contributed by atoms with E-state index in [-0.39, 0.29) is 4.32 Å². The Morgan fingerprint density at radius 2 is 1.89 bits per heavy atom. The van der Waals surface area contributed by atoms with Gasteiger partial charge in [-0.25, -0.2) is 0 Å². The van der Waals surface area contributed by atoms with Gasteiger partial charge in [-0.3, -0.25) is 0 Å². The Kier molecular flexibility index (Phi) is 5.04. The maximum atomic E-state index is 3.57. The maximum absolute atomic E-state index is 3.57. The van der Waals surface area contributed by atoms with Gasteiger partial charge in [-0.2, -0.15) is 0 Å². The van der Waals surface area contributed by atoms with E-state index in [0.717, 1.165) is 11.8 Å². The Morgan fingerprint density at radius 1 is 1.44 bits per heavy atom. The van der Waals surface area contributed by atoms with Gasteiger partial charge in [-0.15, -0.1) is 0 Å². The summed E-state index contributed by atoms with van der Waals surface area (Å²) in [4.78, 5) is 0.576. The first kappa shape index (κ1) is 10.4. The molecule has 0 aliphatic heterocycles. The number of hydrogen-bond donors (Lipinski definition) is 0. The predicted molar refractivity (Wildman–Crippen MR) is 54.1 cm³/mol. The standard InChI is InChI=1S/C6H11Br3/c1-6(2,9)3-5(8)4-7/h5H,3-4H2,1-2H3. The lowest BCUT2D eigenvalue weighted by molar-refractivity contribution is 0.660. The van der Waals surface area contributed by atoms with Gasteiger partial charge in [0.15, 0.2) is 0 Å². The zero-order valence-electron chi connectivity index (χ0n) is 5.63. The van der Waals surface area contributed by atoms with Crippen molar-refractivity contribution in [2.24, 2.45) is 0 Å². The zero-order chi connectivity index (χ0) is 7.49. The zero-order valence-corrected chi connectivity index (χ0v) is 10.4. The summed E-state index contributed by atoms with van der Waals surface area (Å²) in [6.45, 7) is 4.34. The molecule has 0 aromatic carbocycles. The normalized spacial score (nSPS) is 15.7. The predicted octanol–water partition coefficient (Wildman–Crippen LogP) is 3.71. The summed E-state index contributed by atoms with van der Waals surface area (Å²) in [6, 6.07) is 0. The van der Waals surface area contributed by atoms with Crippen LogP contribution < -0.4 is 0 Å². The number of alkyl halides is 3. The fraction of sp³-hybridized carbons (Fsp3) is 1.00. The Balaban J connectivity index is 3.47. The highest BCUT2D eigenvalue weighted by Gasteiger charge is 2.16. The summed E-state index contributed by atoms with van der Waals surface area (Å²) in [5.74, 6) is 0. The molecule has 3 heteroatoms.